The van der Waals surface area contributed by atoms with Gasteiger partial charge in [-0.2, -0.15) is 0 Å². The number of hydrogen-bond donors (Lipinski definition) is 2. The lowest BCUT2D eigenvalue weighted by molar-refractivity contribution is -0.133. The predicted octanol–water partition coefficient (Wildman–Crippen LogP) is 2.24. The van der Waals surface area contributed by atoms with Crippen molar-refractivity contribution in [2.75, 3.05) is 27.2 Å². The molecule has 0 saturated carbocycles. The number of benzene rings is 1. The van der Waals surface area contributed by atoms with Crippen molar-refractivity contribution in [3.05, 3.63) is 29.8 Å². The second-order valence-corrected chi connectivity index (χ2v) is 6.34. The fraction of sp³-hybridized carbons (Fsp3) is 0.556. The largest absolute Gasteiger partial charge is 0.497 e. The molecule has 1 aromatic rings. The SMILES string of the molecule is CN=C(NCc1ccc(OC)cc1)NC1CCN(C(=O)C(C)C)C1.I. The van der Waals surface area contributed by atoms with E-state index >= 15 is 0 Å². The monoisotopic (exact) mass is 460 g/mol. The second kappa shape index (κ2) is 10.5. The number of hydrogen-bond acceptors (Lipinski definition) is 3. The summed E-state index contributed by atoms with van der Waals surface area (Å²) < 4.78 is 5.16. The van der Waals surface area contributed by atoms with Gasteiger partial charge in [-0.25, -0.2) is 0 Å². The Kier molecular flexibility index (Phi) is 9.02. The molecule has 7 heteroatoms. The van der Waals surface area contributed by atoms with E-state index in [9.17, 15) is 4.79 Å². The molecule has 0 bridgehead atoms. The van der Waals surface area contributed by atoms with Crippen LogP contribution >= 0.6 is 24.0 Å². The number of aliphatic imine (C=N–C) groups is 1. The van der Waals surface area contributed by atoms with Crippen molar-refractivity contribution in [2.24, 2.45) is 10.9 Å². The second-order valence-electron chi connectivity index (χ2n) is 6.34. The highest BCUT2D eigenvalue weighted by Crippen LogP contribution is 2.13. The van der Waals surface area contributed by atoms with E-state index in [0.717, 1.165) is 36.8 Å². The van der Waals surface area contributed by atoms with Crippen molar-refractivity contribution < 1.29 is 9.53 Å². The average molecular weight is 460 g/mol. The van der Waals surface area contributed by atoms with Crippen molar-refractivity contribution in [1.29, 1.82) is 0 Å². The number of rotatable bonds is 5. The summed E-state index contributed by atoms with van der Waals surface area (Å²) in [5, 5.41) is 6.71. The van der Waals surface area contributed by atoms with Gasteiger partial charge in [0.25, 0.3) is 0 Å². The molecule has 1 fully saturated rings. The number of carbonyl (C=O) groups is 1. The summed E-state index contributed by atoms with van der Waals surface area (Å²) in [4.78, 5) is 18.3. The Balaban J connectivity index is 0.00000312. The quantitative estimate of drug-likeness (QED) is 0.402. The fourth-order valence-corrected chi connectivity index (χ4v) is 2.76. The maximum atomic E-state index is 12.1. The van der Waals surface area contributed by atoms with E-state index in [2.05, 4.69) is 15.6 Å². The molecule has 2 N–H and O–H groups in total. The van der Waals surface area contributed by atoms with Gasteiger partial charge < -0.3 is 20.3 Å². The van der Waals surface area contributed by atoms with Crippen molar-refractivity contribution in [3.63, 3.8) is 0 Å². The van der Waals surface area contributed by atoms with Crippen LogP contribution in [0.5, 0.6) is 5.75 Å². The molecule has 0 radical (unpaired) electrons. The maximum absolute atomic E-state index is 12.1. The topological polar surface area (TPSA) is 66.0 Å². The number of nitrogens with zero attached hydrogens (tertiary/aromatic N) is 2. The van der Waals surface area contributed by atoms with Crippen LogP contribution in [0.3, 0.4) is 0 Å². The van der Waals surface area contributed by atoms with Gasteiger partial charge in [0, 0.05) is 38.6 Å². The predicted molar refractivity (Wildman–Crippen MR) is 112 cm³/mol. The van der Waals surface area contributed by atoms with Crippen LogP contribution in [0, 0.1) is 5.92 Å². The number of ether oxygens (including phenoxy) is 1. The zero-order valence-corrected chi connectivity index (χ0v) is 17.7. The summed E-state index contributed by atoms with van der Waals surface area (Å²) >= 11 is 0. The van der Waals surface area contributed by atoms with E-state index in [1.54, 1.807) is 14.2 Å². The molecule has 1 atom stereocenters. The van der Waals surface area contributed by atoms with Crippen LogP contribution in [0.25, 0.3) is 0 Å². The minimum absolute atomic E-state index is 0. The summed E-state index contributed by atoms with van der Waals surface area (Å²) in [7, 11) is 3.42. The first kappa shape index (κ1) is 21.5. The van der Waals surface area contributed by atoms with Crippen LogP contribution in [0.2, 0.25) is 0 Å². The van der Waals surface area contributed by atoms with E-state index in [-0.39, 0.29) is 41.8 Å². The highest BCUT2D eigenvalue weighted by molar-refractivity contribution is 14.0. The average Bonchev–Trinajstić information content (AvgIpc) is 3.06. The van der Waals surface area contributed by atoms with Crippen molar-refractivity contribution in [3.8, 4) is 5.75 Å². The Hall–Kier alpha value is -1.51. The molecule has 6 nitrogen and oxygen atoms in total. The molecule has 1 aliphatic heterocycles. The summed E-state index contributed by atoms with van der Waals surface area (Å²) in [6, 6.07) is 8.18. The first-order chi connectivity index (χ1) is 11.5. The Labute approximate surface area is 167 Å². The van der Waals surface area contributed by atoms with E-state index in [1.165, 1.54) is 0 Å². The molecule has 1 heterocycles. The number of methoxy groups -OCH3 is 1. The number of likely N-dealkylation sites (tertiary alicyclic amines) is 1. The molecular formula is C18H29IN4O2. The lowest BCUT2D eigenvalue weighted by atomic mass is 10.2. The molecule has 2 rings (SSSR count). The van der Waals surface area contributed by atoms with Gasteiger partial charge in [0.05, 0.1) is 7.11 Å². The van der Waals surface area contributed by atoms with E-state index < -0.39 is 0 Å². The third kappa shape index (κ3) is 6.37. The molecule has 1 saturated heterocycles. The molecule has 0 aliphatic carbocycles. The van der Waals surface area contributed by atoms with Crippen LogP contribution in [0.4, 0.5) is 0 Å². The Morgan fingerprint density at radius 2 is 2.04 bits per heavy atom. The molecule has 0 spiro atoms. The molecule has 25 heavy (non-hydrogen) atoms. The Morgan fingerprint density at radius 1 is 1.36 bits per heavy atom. The first-order valence-electron chi connectivity index (χ1n) is 8.42. The van der Waals surface area contributed by atoms with Gasteiger partial charge in [-0.1, -0.05) is 26.0 Å². The van der Waals surface area contributed by atoms with Crippen molar-refractivity contribution in [1.82, 2.24) is 15.5 Å². The molecule has 1 amide bonds. The summed E-state index contributed by atoms with van der Waals surface area (Å²) in [5.74, 6) is 1.88. The number of halogens is 1. The highest BCUT2D eigenvalue weighted by atomic mass is 127. The van der Waals surface area contributed by atoms with Gasteiger partial charge in [0.15, 0.2) is 5.96 Å². The third-order valence-electron chi connectivity index (χ3n) is 4.18. The minimum Gasteiger partial charge on any atom is -0.497 e. The molecule has 1 aromatic carbocycles. The molecule has 0 aromatic heterocycles. The zero-order chi connectivity index (χ0) is 17.5. The van der Waals surface area contributed by atoms with Crippen LogP contribution in [0.15, 0.2) is 29.3 Å². The van der Waals surface area contributed by atoms with Gasteiger partial charge >= 0.3 is 0 Å². The van der Waals surface area contributed by atoms with Crippen LogP contribution in [-0.4, -0.2) is 50.1 Å². The number of guanidine groups is 1. The molecular weight excluding hydrogens is 431 g/mol. The van der Waals surface area contributed by atoms with Crippen LogP contribution < -0.4 is 15.4 Å². The van der Waals surface area contributed by atoms with Gasteiger partial charge in [-0.15, -0.1) is 24.0 Å². The van der Waals surface area contributed by atoms with Crippen molar-refractivity contribution in [2.45, 2.75) is 32.9 Å². The summed E-state index contributed by atoms with van der Waals surface area (Å²) in [6.45, 7) is 6.12. The molecule has 140 valence electrons. The lowest BCUT2D eigenvalue weighted by Gasteiger charge is -2.20. The van der Waals surface area contributed by atoms with E-state index in [4.69, 9.17) is 4.74 Å². The minimum atomic E-state index is 0. The van der Waals surface area contributed by atoms with Gasteiger partial charge in [-0.05, 0) is 24.1 Å². The lowest BCUT2D eigenvalue weighted by Crippen LogP contribution is -2.45. The number of carbonyl (C=O) groups excluding carboxylic acids is 1. The van der Waals surface area contributed by atoms with E-state index in [1.807, 2.05) is 43.0 Å². The Morgan fingerprint density at radius 3 is 2.60 bits per heavy atom. The normalized spacial score (nSPS) is 17.2. The van der Waals surface area contributed by atoms with Gasteiger partial charge in [0.1, 0.15) is 5.75 Å². The smallest absolute Gasteiger partial charge is 0.225 e. The van der Waals surface area contributed by atoms with E-state index in [0.29, 0.717) is 6.54 Å². The van der Waals surface area contributed by atoms with Gasteiger partial charge in [-0.3, -0.25) is 9.79 Å². The van der Waals surface area contributed by atoms with Crippen LogP contribution in [-0.2, 0) is 11.3 Å². The third-order valence-corrected chi connectivity index (χ3v) is 4.18. The Bertz CT molecular complexity index is 575. The highest BCUT2D eigenvalue weighted by Gasteiger charge is 2.27. The zero-order valence-electron chi connectivity index (χ0n) is 15.4. The summed E-state index contributed by atoms with van der Waals surface area (Å²) in [5.41, 5.74) is 1.15. The summed E-state index contributed by atoms with van der Waals surface area (Å²) in [6.07, 6.45) is 0.946. The van der Waals surface area contributed by atoms with Crippen molar-refractivity contribution >= 4 is 35.8 Å². The molecule has 1 aliphatic rings. The van der Waals surface area contributed by atoms with Gasteiger partial charge in [0.2, 0.25) is 5.91 Å². The number of nitrogens with one attached hydrogen (secondary N) is 2. The van der Waals surface area contributed by atoms with Crippen LogP contribution in [0.1, 0.15) is 25.8 Å². The fourth-order valence-electron chi connectivity index (χ4n) is 2.76. The first-order valence-corrected chi connectivity index (χ1v) is 8.42. The number of amides is 1. The standard InChI is InChI=1S/C18H28N4O2.HI/c1-13(2)17(23)22-10-9-15(12-22)21-18(19-3)20-11-14-5-7-16(24-4)8-6-14;/h5-8,13,15H,9-12H2,1-4H3,(H2,19,20,21);1H. The molecule has 1 unspecified atom stereocenters. The maximum Gasteiger partial charge on any atom is 0.225 e.